The molecule has 0 bridgehead atoms. The van der Waals surface area contributed by atoms with Gasteiger partial charge in [0.05, 0.1) is 0 Å². The molecule has 2 atom stereocenters. The Morgan fingerprint density at radius 3 is 2.55 bits per heavy atom. The van der Waals surface area contributed by atoms with Gasteiger partial charge in [-0.2, -0.15) is 0 Å². The summed E-state index contributed by atoms with van der Waals surface area (Å²) in [5, 5.41) is 2.12. The summed E-state index contributed by atoms with van der Waals surface area (Å²) in [5.41, 5.74) is 7.25. The van der Waals surface area contributed by atoms with Gasteiger partial charge in [-0.05, 0) is 75.0 Å². The molecular weight excluding hydrogens is 400 g/mol. The molecule has 0 aliphatic carbocycles. The Morgan fingerprint density at radius 2 is 2.00 bits per heavy atom. The molecule has 2 N–H and O–H groups in total. The van der Waals surface area contributed by atoms with Crippen LogP contribution in [0.5, 0.6) is 0 Å². The van der Waals surface area contributed by atoms with Crippen molar-refractivity contribution in [3.05, 3.63) is 55.1 Å². The normalized spacial score (nSPS) is 14.5. The molecule has 0 saturated heterocycles. The second kappa shape index (κ2) is 7.18. The highest BCUT2D eigenvalue weighted by Crippen LogP contribution is 2.33. The first kappa shape index (κ1) is 16.2. The molecule has 1 heterocycles. The van der Waals surface area contributed by atoms with E-state index in [1.165, 1.54) is 10.4 Å². The Bertz CT molecular complexity index is 557. The molecule has 0 fully saturated rings. The quantitative estimate of drug-likeness (QED) is 0.744. The van der Waals surface area contributed by atoms with Gasteiger partial charge in [0, 0.05) is 32.5 Å². The third-order valence-electron chi connectivity index (χ3n) is 3.61. The summed E-state index contributed by atoms with van der Waals surface area (Å²) < 4.78 is 2.12. The summed E-state index contributed by atoms with van der Waals surface area (Å²) in [6.45, 7) is 2.82. The summed E-state index contributed by atoms with van der Waals surface area (Å²) in [4.78, 5) is 3.70. The van der Waals surface area contributed by atoms with Gasteiger partial charge in [-0.15, -0.1) is 11.3 Å². The highest BCUT2D eigenvalue weighted by Gasteiger charge is 2.22. The summed E-state index contributed by atoms with van der Waals surface area (Å²) in [7, 11) is 2.14. The monoisotopic (exact) mass is 416 g/mol. The summed E-state index contributed by atoms with van der Waals surface area (Å²) in [5.74, 6) is 0. The molecule has 2 rings (SSSR count). The standard InChI is InChI=1S/C15H18Br2N2S/c1-10(15-4-3-7-20-15)19(2)14(9-18)11-5-6-12(16)13(17)8-11/h3-8,10,14H,9,18H2,1-2H3. The van der Waals surface area contributed by atoms with Crippen LogP contribution in [0, 0.1) is 0 Å². The number of halogens is 2. The Hall–Kier alpha value is -0.200. The Labute approximate surface area is 141 Å². The zero-order valence-electron chi connectivity index (χ0n) is 11.5. The number of hydrogen-bond acceptors (Lipinski definition) is 3. The van der Waals surface area contributed by atoms with E-state index < -0.39 is 0 Å². The number of nitrogens with zero attached hydrogens (tertiary/aromatic N) is 1. The average Bonchev–Trinajstić information content (AvgIpc) is 2.96. The van der Waals surface area contributed by atoms with Crippen LogP contribution >= 0.6 is 43.2 Å². The minimum Gasteiger partial charge on any atom is -0.329 e. The first-order chi connectivity index (χ1) is 9.54. The van der Waals surface area contributed by atoms with E-state index in [-0.39, 0.29) is 6.04 Å². The van der Waals surface area contributed by atoms with Crippen molar-refractivity contribution in [3.63, 3.8) is 0 Å². The third-order valence-corrected chi connectivity index (χ3v) is 6.53. The maximum absolute atomic E-state index is 6.02. The number of rotatable bonds is 5. The lowest BCUT2D eigenvalue weighted by atomic mass is 10.0. The molecular formula is C15H18Br2N2S. The van der Waals surface area contributed by atoms with Crippen LogP contribution in [0.15, 0.2) is 44.7 Å². The van der Waals surface area contributed by atoms with Crippen molar-refractivity contribution >= 4 is 43.2 Å². The molecule has 2 unspecified atom stereocenters. The highest BCUT2D eigenvalue weighted by molar-refractivity contribution is 9.13. The molecule has 1 aromatic carbocycles. The van der Waals surface area contributed by atoms with Crippen molar-refractivity contribution in [2.24, 2.45) is 5.73 Å². The maximum atomic E-state index is 6.02. The lowest BCUT2D eigenvalue weighted by Gasteiger charge is -2.32. The van der Waals surface area contributed by atoms with Crippen molar-refractivity contribution in [2.45, 2.75) is 19.0 Å². The van der Waals surface area contributed by atoms with E-state index in [1.807, 2.05) is 0 Å². The molecule has 0 aliphatic heterocycles. The van der Waals surface area contributed by atoms with Crippen LogP contribution in [0.25, 0.3) is 0 Å². The van der Waals surface area contributed by atoms with Crippen LogP contribution in [-0.4, -0.2) is 18.5 Å². The predicted octanol–water partition coefficient (Wildman–Crippen LogP) is 4.97. The Morgan fingerprint density at radius 1 is 1.25 bits per heavy atom. The van der Waals surface area contributed by atoms with Crippen molar-refractivity contribution in [2.75, 3.05) is 13.6 Å². The number of benzene rings is 1. The van der Waals surface area contributed by atoms with Crippen molar-refractivity contribution in [3.8, 4) is 0 Å². The van der Waals surface area contributed by atoms with Gasteiger partial charge in [-0.25, -0.2) is 0 Å². The molecule has 2 nitrogen and oxygen atoms in total. The maximum Gasteiger partial charge on any atom is 0.0474 e. The van der Waals surface area contributed by atoms with Gasteiger partial charge in [-0.1, -0.05) is 12.1 Å². The number of hydrogen-bond donors (Lipinski definition) is 1. The van der Waals surface area contributed by atoms with Crippen molar-refractivity contribution in [1.82, 2.24) is 4.90 Å². The van der Waals surface area contributed by atoms with Crippen LogP contribution in [-0.2, 0) is 0 Å². The van der Waals surface area contributed by atoms with Gasteiger partial charge < -0.3 is 5.73 Å². The van der Waals surface area contributed by atoms with Gasteiger partial charge in [0.25, 0.3) is 0 Å². The van der Waals surface area contributed by atoms with Crippen molar-refractivity contribution < 1.29 is 0 Å². The Kier molecular flexibility index (Phi) is 5.81. The van der Waals surface area contributed by atoms with E-state index in [0.29, 0.717) is 12.6 Å². The summed E-state index contributed by atoms with van der Waals surface area (Å²) in [6.07, 6.45) is 0. The van der Waals surface area contributed by atoms with Crippen molar-refractivity contribution in [1.29, 1.82) is 0 Å². The molecule has 0 radical (unpaired) electrons. The number of likely N-dealkylation sites (N-methyl/N-ethyl adjacent to an activating group) is 1. The highest BCUT2D eigenvalue weighted by atomic mass is 79.9. The molecule has 0 amide bonds. The largest absolute Gasteiger partial charge is 0.329 e. The fourth-order valence-corrected chi connectivity index (χ4v) is 3.73. The van der Waals surface area contributed by atoms with Crippen LogP contribution in [0.2, 0.25) is 0 Å². The number of thiophene rings is 1. The van der Waals surface area contributed by atoms with Gasteiger partial charge in [0.15, 0.2) is 0 Å². The minimum absolute atomic E-state index is 0.205. The lowest BCUT2D eigenvalue weighted by molar-refractivity contribution is 0.193. The van der Waals surface area contributed by atoms with E-state index in [4.69, 9.17) is 5.73 Å². The van der Waals surface area contributed by atoms with Crippen LogP contribution in [0.4, 0.5) is 0 Å². The van der Waals surface area contributed by atoms with E-state index in [1.54, 1.807) is 11.3 Å². The number of nitrogens with two attached hydrogens (primary N) is 1. The molecule has 108 valence electrons. The molecule has 2 aromatic rings. The molecule has 1 aromatic heterocycles. The van der Waals surface area contributed by atoms with E-state index in [9.17, 15) is 0 Å². The molecule has 0 saturated carbocycles. The zero-order valence-corrected chi connectivity index (χ0v) is 15.5. The lowest BCUT2D eigenvalue weighted by Crippen LogP contribution is -2.32. The third kappa shape index (κ3) is 3.52. The second-order valence-electron chi connectivity index (χ2n) is 4.78. The smallest absolute Gasteiger partial charge is 0.0474 e. The second-order valence-corrected chi connectivity index (χ2v) is 7.47. The average molecular weight is 418 g/mol. The molecule has 0 aliphatic rings. The molecule has 5 heteroatoms. The molecule has 0 spiro atoms. The van der Waals surface area contributed by atoms with Gasteiger partial charge >= 0.3 is 0 Å². The minimum atomic E-state index is 0.205. The van der Waals surface area contributed by atoms with E-state index in [0.717, 1.165) is 8.95 Å². The van der Waals surface area contributed by atoms with Crippen LogP contribution in [0.3, 0.4) is 0 Å². The van der Waals surface area contributed by atoms with Gasteiger partial charge in [0.2, 0.25) is 0 Å². The van der Waals surface area contributed by atoms with Gasteiger partial charge in [0.1, 0.15) is 0 Å². The zero-order chi connectivity index (χ0) is 14.7. The van der Waals surface area contributed by atoms with E-state index >= 15 is 0 Å². The topological polar surface area (TPSA) is 29.3 Å². The Balaban J connectivity index is 2.24. The first-order valence-electron chi connectivity index (χ1n) is 6.45. The van der Waals surface area contributed by atoms with Crippen LogP contribution in [0.1, 0.15) is 29.4 Å². The fraction of sp³-hybridized carbons (Fsp3) is 0.333. The summed E-state index contributed by atoms with van der Waals surface area (Å²) in [6, 6.07) is 11.2. The van der Waals surface area contributed by atoms with E-state index in [2.05, 4.69) is 86.4 Å². The fourth-order valence-electron chi connectivity index (χ4n) is 2.26. The summed E-state index contributed by atoms with van der Waals surface area (Å²) >= 11 is 8.86. The molecule has 20 heavy (non-hydrogen) atoms. The predicted molar refractivity (Wildman–Crippen MR) is 94.1 cm³/mol. The van der Waals surface area contributed by atoms with Gasteiger partial charge in [-0.3, -0.25) is 4.90 Å². The van der Waals surface area contributed by atoms with Crippen LogP contribution < -0.4 is 5.73 Å². The SMILES string of the molecule is CC(c1cccs1)N(C)C(CN)c1ccc(Br)c(Br)c1. The first-order valence-corrected chi connectivity index (χ1v) is 8.91.